The Morgan fingerprint density at radius 1 is 0.828 bits per heavy atom. The molecule has 0 aliphatic heterocycles. The van der Waals surface area contributed by atoms with Crippen LogP contribution in [0, 0.1) is 0 Å². The molecule has 0 fully saturated rings. The molecule has 1 N–H and O–H groups in total. The molecule has 2 aromatic carbocycles. The van der Waals surface area contributed by atoms with E-state index in [0.29, 0.717) is 47.8 Å². The smallest absolute Gasteiger partial charge is 0.331 e. The van der Waals surface area contributed by atoms with Gasteiger partial charge in [0.25, 0.3) is 0 Å². The first-order chi connectivity index (χ1) is 14.0. The van der Waals surface area contributed by atoms with Gasteiger partial charge in [-0.05, 0) is 60.2 Å². The molecule has 0 radical (unpaired) electrons. The van der Waals surface area contributed by atoms with Crippen molar-refractivity contribution in [2.75, 3.05) is 28.4 Å². The van der Waals surface area contributed by atoms with E-state index in [2.05, 4.69) is 0 Å². The molecule has 0 saturated heterocycles. The Morgan fingerprint density at radius 2 is 1.38 bits per heavy atom. The molecule has 0 heterocycles. The van der Waals surface area contributed by atoms with Crippen molar-refractivity contribution in [3.8, 4) is 23.0 Å². The third kappa shape index (κ3) is 5.22. The SMILES string of the molecule is CCC(=C(CCc1ccc(OC)c(OC)c1)C(=O)O)c1ccc(OC)c(OC)c1. The van der Waals surface area contributed by atoms with Crippen molar-refractivity contribution >= 4 is 11.5 Å². The van der Waals surface area contributed by atoms with Gasteiger partial charge in [0.15, 0.2) is 23.0 Å². The van der Waals surface area contributed by atoms with Crippen LogP contribution in [0.4, 0.5) is 0 Å². The zero-order chi connectivity index (χ0) is 21.4. The number of methoxy groups -OCH3 is 4. The van der Waals surface area contributed by atoms with E-state index in [1.165, 1.54) is 0 Å². The zero-order valence-corrected chi connectivity index (χ0v) is 17.6. The average Bonchev–Trinajstić information content (AvgIpc) is 2.75. The Balaban J connectivity index is 2.37. The number of rotatable bonds is 10. The lowest BCUT2D eigenvalue weighted by atomic mass is 9.93. The highest BCUT2D eigenvalue weighted by Gasteiger charge is 2.17. The summed E-state index contributed by atoms with van der Waals surface area (Å²) >= 11 is 0. The second kappa shape index (κ2) is 10.4. The number of carbonyl (C=O) groups is 1. The molecular formula is C23H28O6. The summed E-state index contributed by atoms with van der Waals surface area (Å²) in [5.74, 6) is 1.53. The van der Waals surface area contributed by atoms with Crippen LogP contribution in [-0.4, -0.2) is 39.5 Å². The first kappa shape index (κ1) is 22.1. The maximum absolute atomic E-state index is 12.0. The molecule has 0 aliphatic carbocycles. The van der Waals surface area contributed by atoms with Crippen molar-refractivity contribution in [3.63, 3.8) is 0 Å². The Hall–Kier alpha value is -3.15. The quantitative estimate of drug-likeness (QED) is 0.588. The first-order valence-electron chi connectivity index (χ1n) is 9.37. The van der Waals surface area contributed by atoms with Crippen molar-refractivity contribution in [1.82, 2.24) is 0 Å². The third-order valence-corrected chi connectivity index (χ3v) is 4.82. The molecule has 29 heavy (non-hydrogen) atoms. The van der Waals surface area contributed by atoms with Crippen LogP contribution in [0.2, 0.25) is 0 Å². The lowest BCUT2D eigenvalue weighted by molar-refractivity contribution is -0.132. The summed E-state index contributed by atoms with van der Waals surface area (Å²) in [5.41, 5.74) is 2.95. The summed E-state index contributed by atoms with van der Waals surface area (Å²) in [7, 11) is 6.29. The van der Waals surface area contributed by atoms with E-state index < -0.39 is 5.97 Å². The summed E-state index contributed by atoms with van der Waals surface area (Å²) in [6.07, 6.45) is 1.55. The molecule has 0 amide bonds. The minimum absolute atomic E-state index is 0.384. The van der Waals surface area contributed by atoms with Gasteiger partial charge >= 0.3 is 5.97 Å². The maximum atomic E-state index is 12.0. The fourth-order valence-electron chi connectivity index (χ4n) is 3.31. The number of hydrogen-bond acceptors (Lipinski definition) is 5. The number of aliphatic carboxylic acids is 1. The Morgan fingerprint density at radius 3 is 1.90 bits per heavy atom. The molecule has 0 spiro atoms. The fourth-order valence-corrected chi connectivity index (χ4v) is 3.31. The van der Waals surface area contributed by atoms with E-state index in [4.69, 9.17) is 18.9 Å². The summed E-state index contributed by atoms with van der Waals surface area (Å²) in [5, 5.41) is 9.87. The van der Waals surface area contributed by atoms with Gasteiger partial charge in [0, 0.05) is 5.57 Å². The van der Waals surface area contributed by atoms with E-state index in [-0.39, 0.29) is 0 Å². The summed E-state index contributed by atoms with van der Waals surface area (Å²) in [6.45, 7) is 1.95. The van der Waals surface area contributed by atoms with Crippen molar-refractivity contribution in [2.24, 2.45) is 0 Å². The molecule has 2 rings (SSSR count). The largest absolute Gasteiger partial charge is 0.493 e. The second-order valence-electron chi connectivity index (χ2n) is 6.37. The van der Waals surface area contributed by atoms with E-state index in [9.17, 15) is 9.90 Å². The molecule has 0 atom stereocenters. The van der Waals surface area contributed by atoms with Crippen LogP contribution in [0.15, 0.2) is 42.0 Å². The van der Waals surface area contributed by atoms with Gasteiger partial charge in [0.05, 0.1) is 28.4 Å². The average molecular weight is 400 g/mol. The monoisotopic (exact) mass is 400 g/mol. The molecule has 6 nitrogen and oxygen atoms in total. The van der Waals surface area contributed by atoms with E-state index >= 15 is 0 Å². The predicted molar refractivity (Wildman–Crippen MR) is 112 cm³/mol. The molecule has 156 valence electrons. The molecule has 0 aliphatic rings. The van der Waals surface area contributed by atoms with Crippen molar-refractivity contribution in [3.05, 3.63) is 53.1 Å². The minimum atomic E-state index is -0.919. The van der Waals surface area contributed by atoms with Crippen molar-refractivity contribution < 1.29 is 28.8 Å². The van der Waals surface area contributed by atoms with Gasteiger partial charge in [-0.15, -0.1) is 0 Å². The molecule has 0 unspecified atom stereocenters. The molecule has 6 heteroatoms. The standard InChI is InChI=1S/C23H28O6/c1-6-17(16-9-12-20(27-3)22(14-16)29-5)18(23(24)25)10-7-15-8-11-19(26-2)21(13-15)28-4/h8-9,11-14H,6-7,10H2,1-5H3,(H,24,25). The van der Waals surface area contributed by atoms with Crippen LogP contribution in [0.5, 0.6) is 23.0 Å². The van der Waals surface area contributed by atoms with Crippen LogP contribution in [-0.2, 0) is 11.2 Å². The van der Waals surface area contributed by atoms with Crippen LogP contribution < -0.4 is 18.9 Å². The predicted octanol–water partition coefficient (Wildman–Crippen LogP) is 4.60. The van der Waals surface area contributed by atoms with Crippen LogP contribution in [0.3, 0.4) is 0 Å². The highest BCUT2D eigenvalue weighted by molar-refractivity contribution is 5.96. The van der Waals surface area contributed by atoms with Crippen molar-refractivity contribution in [1.29, 1.82) is 0 Å². The molecule has 0 bridgehead atoms. The number of allylic oxidation sites excluding steroid dienone is 1. The summed E-state index contributed by atoms with van der Waals surface area (Å²) in [4.78, 5) is 12.0. The van der Waals surface area contributed by atoms with Crippen LogP contribution in [0.25, 0.3) is 5.57 Å². The second-order valence-corrected chi connectivity index (χ2v) is 6.37. The maximum Gasteiger partial charge on any atom is 0.331 e. The third-order valence-electron chi connectivity index (χ3n) is 4.82. The Bertz CT molecular complexity index is 885. The topological polar surface area (TPSA) is 74.2 Å². The molecule has 0 saturated carbocycles. The minimum Gasteiger partial charge on any atom is -0.493 e. The zero-order valence-electron chi connectivity index (χ0n) is 17.6. The highest BCUT2D eigenvalue weighted by atomic mass is 16.5. The Labute approximate surface area is 171 Å². The van der Waals surface area contributed by atoms with Gasteiger partial charge < -0.3 is 24.1 Å². The van der Waals surface area contributed by atoms with Gasteiger partial charge in [-0.1, -0.05) is 19.1 Å². The van der Waals surface area contributed by atoms with E-state index in [1.54, 1.807) is 34.5 Å². The molecule has 2 aromatic rings. The van der Waals surface area contributed by atoms with Crippen LogP contribution in [0.1, 0.15) is 30.9 Å². The summed E-state index contributed by atoms with van der Waals surface area (Å²) in [6, 6.07) is 11.1. The van der Waals surface area contributed by atoms with Gasteiger partial charge in [-0.25, -0.2) is 4.79 Å². The Kier molecular flexibility index (Phi) is 7.95. The van der Waals surface area contributed by atoms with Gasteiger partial charge in [0.2, 0.25) is 0 Å². The highest BCUT2D eigenvalue weighted by Crippen LogP contribution is 2.34. The van der Waals surface area contributed by atoms with Gasteiger partial charge in [0.1, 0.15) is 0 Å². The fraction of sp³-hybridized carbons (Fsp3) is 0.348. The first-order valence-corrected chi connectivity index (χ1v) is 9.37. The number of carboxylic acid groups (broad SMARTS) is 1. The molecular weight excluding hydrogens is 372 g/mol. The lowest BCUT2D eigenvalue weighted by Crippen LogP contribution is -2.06. The summed E-state index contributed by atoms with van der Waals surface area (Å²) < 4.78 is 21.2. The number of benzene rings is 2. The van der Waals surface area contributed by atoms with E-state index in [0.717, 1.165) is 16.7 Å². The number of hydrogen-bond donors (Lipinski definition) is 1. The number of carboxylic acids is 1. The van der Waals surface area contributed by atoms with Crippen molar-refractivity contribution in [2.45, 2.75) is 26.2 Å². The van der Waals surface area contributed by atoms with Gasteiger partial charge in [-0.2, -0.15) is 0 Å². The molecule has 0 aromatic heterocycles. The van der Waals surface area contributed by atoms with Gasteiger partial charge in [-0.3, -0.25) is 0 Å². The normalized spacial score (nSPS) is 11.5. The van der Waals surface area contributed by atoms with E-state index in [1.807, 2.05) is 37.3 Å². The number of ether oxygens (including phenoxy) is 4. The lowest BCUT2D eigenvalue weighted by Gasteiger charge is -2.15. The number of aryl methyl sites for hydroxylation is 1. The van der Waals surface area contributed by atoms with Crippen LogP contribution >= 0.6 is 0 Å².